The number of pyridine rings is 1. The third-order valence-corrected chi connectivity index (χ3v) is 3.93. The Morgan fingerprint density at radius 2 is 1.76 bits per heavy atom. The first-order chi connectivity index (χ1) is 9.96. The van der Waals surface area contributed by atoms with Crippen molar-refractivity contribution in [2.75, 3.05) is 0 Å². The van der Waals surface area contributed by atoms with Crippen LogP contribution in [-0.4, -0.2) is 13.1 Å². The van der Waals surface area contributed by atoms with Crippen molar-refractivity contribution >= 4 is 19.4 Å². The van der Waals surface area contributed by atoms with Crippen LogP contribution in [0.3, 0.4) is 0 Å². The molecule has 2 heterocycles. The molecule has 0 amide bonds. The molecule has 0 bridgehead atoms. The van der Waals surface area contributed by atoms with Crippen LogP contribution in [0.2, 0.25) is 19.6 Å². The molecular formula is C17H14N2SSi. The van der Waals surface area contributed by atoms with Crippen LogP contribution in [0.4, 0.5) is 0 Å². The number of nitrogens with zero attached hydrogens (tertiary/aromatic N) is 2. The van der Waals surface area contributed by atoms with Gasteiger partial charge in [0.15, 0.2) is 0 Å². The van der Waals surface area contributed by atoms with Crippen molar-refractivity contribution in [3.63, 3.8) is 0 Å². The monoisotopic (exact) mass is 306 g/mol. The van der Waals surface area contributed by atoms with E-state index in [0.29, 0.717) is 17.0 Å². The lowest BCUT2D eigenvalue weighted by atomic mass is 10.2. The van der Waals surface area contributed by atoms with Crippen molar-refractivity contribution in [3.05, 3.63) is 51.5 Å². The molecule has 102 valence electrons. The summed E-state index contributed by atoms with van der Waals surface area (Å²) < 4.78 is 0. The van der Waals surface area contributed by atoms with Crippen LogP contribution >= 0.6 is 11.3 Å². The normalized spacial score (nSPS) is 9.81. The van der Waals surface area contributed by atoms with Gasteiger partial charge in [-0.3, -0.25) is 0 Å². The second-order valence-corrected chi connectivity index (χ2v) is 11.0. The Labute approximate surface area is 130 Å². The molecule has 2 aromatic heterocycles. The molecule has 2 rings (SSSR count). The molecule has 0 N–H and O–H groups in total. The molecule has 21 heavy (non-hydrogen) atoms. The highest BCUT2D eigenvalue weighted by Crippen LogP contribution is 2.07. The molecule has 0 aliphatic rings. The lowest BCUT2D eigenvalue weighted by Gasteiger charge is -2.03. The molecule has 0 aromatic carbocycles. The van der Waals surface area contributed by atoms with Crippen molar-refractivity contribution in [2.24, 2.45) is 0 Å². The molecule has 0 saturated carbocycles. The van der Waals surface area contributed by atoms with Crippen LogP contribution in [0, 0.1) is 34.6 Å². The van der Waals surface area contributed by atoms with Gasteiger partial charge >= 0.3 is 0 Å². The van der Waals surface area contributed by atoms with Crippen LogP contribution in [-0.2, 0) is 0 Å². The molecule has 0 aliphatic carbocycles. The van der Waals surface area contributed by atoms with Crippen LogP contribution in [0.1, 0.15) is 22.5 Å². The summed E-state index contributed by atoms with van der Waals surface area (Å²) in [5.41, 5.74) is 5.96. The lowest BCUT2D eigenvalue weighted by Crippen LogP contribution is -2.16. The smallest absolute Gasteiger partial charge is 0.129 e. The van der Waals surface area contributed by atoms with Gasteiger partial charge in [0, 0.05) is 10.9 Å². The quantitative estimate of drug-likeness (QED) is 0.550. The molecule has 2 nitrogen and oxygen atoms in total. The van der Waals surface area contributed by atoms with E-state index in [9.17, 15) is 0 Å². The van der Waals surface area contributed by atoms with Gasteiger partial charge in [-0.1, -0.05) is 31.5 Å². The maximum atomic E-state index is 9.10. The highest BCUT2D eigenvalue weighted by Gasteiger charge is 2.08. The Bertz CT molecular complexity index is 801. The van der Waals surface area contributed by atoms with Gasteiger partial charge in [0.25, 0.3) is 0 Å². The van der Waals surface area contributed by atoms with E-state index in [4.69, 9.17) is 5.26 Å². The Hall–Kier alpha value is -2.32. The minimum absolute atomic E-state index is 0.541. The average molecular weight is 306 g/mol. The Morgan fingerprint density at radius 3 is 2.33 bits per heavy atom. The second-order valence-electron chi connectivity index (χ2n) is 5.50. The van der Waals surface area contributed by atoms with E-state index in [1.54, 1.807) is 23.5 Å². The minimum atomic E-state index is -1.47. The van der Waals surface area contributed by atoms with E-state index >= 15 is 0 Å². The fourth-order valence-corrected chi connectivity index (χ4v) is 2.54. The van der Waals surface area contributed by atoms with Gasteiger partial charge in [0.05, 0.1) is 11.6 Å². The van der Waals surface area contributed by atoms with Gasteiger partial charge in [0.1, 0.15) is 19.5 Å². The zero-order chi connectivity index (χ0) is 15.3. The van der Waals surface area contributed by atoms with Crippen molar-refractivity contribution in [3.8, 4) is 29.4 Å². The summed E-state index contributed by atoms with van der Waals surface area (Å²) >= 11 is 1.60. The number of rotatable bonds is 0. The van der Waals surface area contributed by atoms with Crippen LogP contribution in [0.5, 0.6) is 0 Å². The Morgan fingerprint density at radius 1 is 1.05 bits per heavy atom. The predicted octanol–water partition coefficient (Wildman–Crippen LogP) is 3.64. The molecule has 0 unspecified atom stereocenters. The van der Waals surface area contributed by atoms with E-state index in [1.165, 1.54) is 0 Å². The van der Waals surface area contributed by atoms with E-state index < -0.39 is 8.07 Å². The molecule has 4 heteroatoms. The van der Waals surface area contributed by atoms with Crippen LogP contribution in [0.25, 0.3) is 0 Å². The maximum absolute atomic E-state index is 9.10. The topological polar surface area (TPSA) is 36.7 Å². The van der Waals surface area contributed by atoms with Gasteiger partial charge in [-0.25, -0.2) is 4.98 Å². The number of thiophene rings is 1. The fraction of sp³-hybridized carbons (Fsp3) is 0.176. The largest absolute Gasteiger partial charge is 0.231 e. The van der Waals surface area contributed by atoms with Crippen LogP contribution in [0.15, 0.2) is 29.0 Å². The van der Waals surface area contributed by atoms with E-state index in [1.807, 2.05) is 16.8 Å². The summed E-state index contributed by atoms with van der Waals surface area (Å²) in [6.45, 7) is 6.52. The summed E-state index contributed by atoms with van der Waals surface area (Å²) in [7, 11) is -1.47. The van der Waals surface area contributed by atoms with Crippen molar-refractivity contribution < 1.29 is 0 Å². The fourth-order valence-electron chi connectivity index (χ4n) is 1.45. The van der Waals surface area contributed by atoms with Crippen molar-refractivity contribution in [2.45, 2.75) is 19.6 Å². The number of aromatic nitrogens is 1. The minimum Gasteiger partial charge on any atom is -0.231 e. The molecule has 2 aromatic rings. The number of hydrogen-bond acceptors (Lipinski definition) is 3. The van der Waals surface area contributed by atoms with Crippen molar-refractivity contribution in [1.29, 1.82) is 5.26 Å². The van der Waals surface area contributed by atoms with Crippen molar-refractivity contribution in [1.82, 2.24) is 4.98 Å². The molecule has 0 fully saturated rings. The maximum Gasteiger partial charge on any atom is 0.129 e. The number of nitriles is 1. The summed E-state index contributed by atoms with van der Waals surface area (Å²) in [6.07, 6.45) is 0. The third kappa shape index (κ3) is 4.93. The SMILES string of the molecule is C[Si](C)(C)C#Cc1cc(C#N)cc(C#Cc2ccsc2)n1. The van der Waals surface area contributed by atoms with E-state index in [0.717, 1.165) is 5.56 Å². The van der Waals surface area contributed by atoms with Gasteiger partial charge in [0.2, 0.25) is 0 Å². The van der Waals surface area contributed by atoms with E-state index in [-0.39, 0.29) is 0 Å². The predicted molar refractivity (Wildman–Crippen MR) is 89.5 cm³/mol. The van der Waals surface area contributed by atoms with Gasteiger partial charge in [-0.05, 0) is 29.5 Å². The lowest BCUT2D eigenvalue weighted by molar-refractivity contribution is 1.24. The molecule has 0 aliphatic heterocycles. The standard InChI is InChI=1S/C17H14N2SSi/c1-21(2,3)9-7-17-11-15(12-18)10-16(19-17)5-4-14-6-8-20-13-14/h6,8,10-11,13H,1-3H3. The highest BCUT2D eigenvalue weighted by molar-refractivity contribution is 7.08. The van der Waals surface area contributed by atoms with Gasteiger partial charge < -0.3 is 0 Å². The number of hydrogen-bond donors (Lipinski definition) is 0. The first kappa shape index (κ1) is 15.1. The summed E-state index contributed by atoms with van der Waals surface area (Å²) in [4.78, 5) is 4.41. The third-order valence-electron chi connectivity index (χ3n) is 2.38. The molecule has 0 atom stereocenters. The zero-order valence-electron chi connectivity index (χ0n) is 12.2. The van der Waals surface area contributed by atoms with Gasteiger partial charge in [-0.15, -0.1) is 5.54 Å². The first-order valence-corrected chi connectivity index (χ1v) is 10.9. The second kappa shape index (κ2) is 6.42. The Balaban J connectivity index is 2.38. The van der Waals surface area contributed by atoms with Gasteiger partial charge in [-0.2, -0.15) is 16.6 Å². The Kier molecular flexibility index (Phi) is 4.61. The molecule has 0 spiro atoms. The first-order valence-electron chi connectivity index (χ1n) is 6.46. The molecular weight excluding hydrogens is 292 g/mol. The summed E-state index contributed by atoms with van der Waals surface area (Å²) in [5.74, 6) is 9.11. The summed E-state index contributed by atoms with van der Waals surface area (Å²) in [6, 6.07) is 7.50. The summed E-state index contributed by atoms with van der Waals surface area (Å²) in [5, 5.41) is 13.1. The molecule has 0 radical (unpaired) electrons. The zero-order valence-corrected chi connectivity index (χ0v) is 14.0. The van der Waals surface area contributed by atoms with Crippen LogP contribution < -0.4 is 0 Å². The van der Waals surface area contributed by atoms with E-state index in [2.05, 4.69) is 54.0 Å². The average Bonchev–Trinajstić information content (AvgIpc) is 2.95. The molecule has 0 saturated heterocycles. The highest BCUT2D eigenvalue weighted by atomic mass is 32.1.